The van der Waals surface area contributed by atoms with Crippen molar-refractivity contribution in [1.29, 1.82) is 0 Å². The van der Waals surface area contributed by atoms with E-state index in [0.29, 0.717) is 6.61 Å². The molecule has 1 atom stereocenters. The summed E-state index contributed by atoms with van der Waals surface area (Å²) in [4.78, 5) is 22.5. The molecule has 0 saturated heterocycles. The molecule has 1 unspecified atom stereocenters. The Bertz CT molecular complexity index is 315. The number of amides is 2. The summed E-state index contributed by atoms with van der Waals surface area (Å²) in [5.41, 5.74) is 9.52. The van der Waals surface area contributed by atoms with Gasteiger partial charge in [-0.1, -0.05) is 0 Å². The largest absolute Gasteiger partial charge is 0.444 e. The van der Waals surface area contributed by atoms with E-state index in [4.69, 9.17) is 20.9 Å². The van der Waals surface area contributed by atoms with Gasteiger partial charge in [0.1, 0.15) is 5.60 Å². The van der Waals surface area contributed by atoms with Crippen LogP contribution in [0.1, 0.15) is 34.1 Å². The molecule has 0 fully saturated rings. The lowest BCUT2D eigenvalue weighted by Gasteiger charge is -2.29. The van der Waals surface area contributed by atoms with Crippen molar-refractivity contribution in [1.82, 2.24) is 5.32 Å². The van der Waals surface area contributed by atoms with Crippen LogP contribution < -0.4 is 16.8 Å². The Kier molecular flexibility index (Phi) is 6.78. The van der Waals surface area contributed by atoms with E-state index in [1.54, 1.807) is 20.8 Å². The molecular formula is C12H25N3O4. The summed E-state index contributed by atoms with van der Waals surface area (Å²) in [6, 6.07) is 0. The van der Waals surface area contributed by atoms with Gasteiger partial charge in [0.25, 0.3) is 0 Å². The van der Waals surface area contributed by atoms with Gasteiger partial charge < -0.3 is 26.3 Å². The standard InChI is InChI=1S/C12H25N3O4/c1-5-18-8-12(14,6-9(13)16)7-15-10(17)19-11(2,3)4/h5-8,14H2,1-4H3,(H2,13,16)(H,15,17). The fourth-order valence-corrected chi connectivity index (χ4v) is 1.38. The minimum Gasteiger partial charge on any atom is -0.444 e. The van der Waals surface area contributed by atoms with Crippen LogP contribution in [0.2, 0.25) is 0 Å². The lowest BCUT2D eigenvalue weighted by molar-refractivity contribution is -0.119. The number of primary amides is 1. The molecule has 0 aromatic rings. The van der Waals surface area contributed by atoms with E-state index in [1.165, 1.54) is 0 Å². The third-order valence-corrected chi connectivity index (χ3v) is 2.10. The van der Waals surface area contributed by atoms with Crippen molar-refractivity contribution in [2.45, 2.75) is 45.3 Å². The topological polar surface area (TPSA) is 117 Å². The highest BCUT2D eigenvalue weighted by Gasteiger charge is 2.29. The molecule has 0 aliphatic rings. The molecule has 7 nitrogen and oxygen atoms in total. The fraction of sp³-hybridized carbons (Fsp3) is 0.833. The molecule has 0 aliphatic carbocycles. The number of rotatable bonds is 7. The summed E-state index contributed by atoms with van der Waals surface area (Å²) in [6.07, 6.45) is -0.675. The zero-order valence-electron chi connectivity index (χ0n) is 12.1. The molecule has 0 aromatic carbocycles. The summed E-state index contributed by atoms with van der Waals surface area (Å²) < 4.78 is 10.3. The first-order valence-electron chi connectivity index (χ1n) is 6.20. The van der Waals surface area contributed by atoms with Crippen LogP contribution in [-0.2, 0) is 14.3 Å². The molecule has 0 spiro atoms. The number of ether oxygens (including phenoxy) is 2. The van der Waals surface area contributed by atoms with Gasteiger partial charge in [-0.05, 0) is 27.7 Å². The molecule has 19 heavy (non-hydrogen) atoms. The highest BCUT2D eigenvalue weighted by atomic mass is 16.6. The minimum atomic E-state index is -1.03. The first kappa shape index (κ1) is 17.7. The average molecular weight is 275 g/mol. The number of alkyl carbamates (subject to hydrolysis) is 1. The molecule has 5 N–H and O–H groups in total. The Morgan fingerprint density at radius 3 is 2.26 bits per heavy atom. The molecule has 0 bridgehead atoms. The van der Waals surface area contributed by atoms with Gasteiger partial charge >= 0.3 is 6.09 Å². The van der Waals surface area contributed by atoms with E-state index in [-0.39, 0.29) is 19.6 Å². The number of carbonyl (C=O) groups excluding carboxylic acids is 2. The van der Waals surface area contributed by atoms with Crippen LogP contribution in [-0.4, -0.2) is 42.9 Å². The summed E-state index contributed by atoms with van der Waals surface area (Å²) >= 11 is 0. The van der Waals surface area contributed by atoms with Crippen LogP contribution in [0.4, 0.5) is 4.79 Å². The van der Waals surface area contributed by atoms with Crippen LogP contribution in [0.15, 0.2) is 0 Å². The van der Waals surface area contributed by atoms with Gasteiger partial charge in [0.05, 0.1) is 12.1 Å². The van der Waals surface area contributed by atoms with Gasteiger partial charge in [-0.25, -0.2) is 4.79 Å². The maximum absolute atomic E-state index is 11.5. The van der Waals surface area contributed by atoms with Crippen molar-refractivity contribution in [3.8, 4) is 0 Å². The van der Waals surface area contributed by atoms with Crippen LogP contribution in [0.25, 0.3) is 0 Å². The molecule has 0 saturated carbocycles. The molecule has 0 rings (SSSR count). The summed E-state index contributed by atoms with van der Waals surface area (Å²) in [5.74, 6) is -0.548. The fourth-order valence-electron chi connectivity index (χ4n) is 1.38. The third-order valence-electron chi connectivity index (χ3n) is 2.10. The van der Waals surface area contributed by atoms with Crippen LogP contribution in [0, 0.1) is 0 Å². The van der Waals surface area contributed by atoms with Crippen molar-refractivity contribution in [3.05, 3.63) is 0 Å². The first-order chi connectivity index (χ1) is 8.58. The van der Waals surface area contributed by atoms with Gasteiger partial charge in [-0.2, -0.15) is 0 Å². The third kappa shape index (κ3) is 9.26. The number of nitrogens with two attached hydrogens (primary N) is 2. The molecular weight excluding hydrogens is 250 g/mol. The molecule has 2 amide bonds. The molecule has 112 valence electrons. The number of nitrogens with one attached hydrogen (secondary N) is 1. The van der Waals surface area contributed by atoms with Crippen molar-refractivity contribution in [2.24, 2.45) is 11.5 Å². The maximum Gasteiger partial charge on any atom is 0.407 e. The lowest BCUT2D eigenvalue weighted by Crippen LogP contribution is -2.56. The Labute approximate surface area is 114 Å². The van der Waals surface area contributed by atoms with E-state index < -0.39 is 23.1 Å². The van der Waals surface area contributed by atoms with E-state index in [9.17, 15) is 9.59 Å². The van der Waals surface area contributed by atoms with Crippen molar-refractivity contribution in [3.63, 3.8) is 0 Å². The predicted octanol–water partition coefficient (Wildman–Crippen LogP) is 0.121. The summed E-state index contributed by atoms with van der Waals surface area (Å²) in [6.45, 7) is 7.72. The molecule has 0 aliphatic heterocycles. The van der Waals surface area contributed by atoms with Gasteiger partial charge in [-0.15, -0.1) is 0 Å². The van der Waals surface area contributed by atoms with E-state index in [0.717, 1.165) is 0 Å². The second kappa shape index (κ2) is 7.30. The Morgan fingerprint density at radius 2 is 1.84 bits per heavy atom. The summed E-state index contributed by atoms with van der Waals surface area (Å²) in [7, 11) is 0. The molecule has 0 heterocycles. The Balaban J connectivity index is 4.40. The number of hydrogen-bond acceptors (Lipinski definition) is 5. The normalized spacial score (nSPS) is 14.6. The average Bonchev–Trinajstić information content (AvgIpc) is 2.21. The number of hydrogen-bond donors (Lipinski definition) is 3. The van der Waals surface area contributed by atoms with E-state index in [1.807, 2.05) is 6.92 Å². The molecule has 0 aromatic heterocycles. The second-order valence-electron chi connectivity index (χ2n) is 5.50. The van der Waals surface area contributed by atoms with Crippen molar-refractivity contribution in [2.75, 3.05) is 19.8 Å². The van der Waals surface area contributed by atoms with E-state index in [2.05, 4.69) is 5.32 Å². The van der Waals surface area contributed by atoms with Crippen LogP contribution in [0.3, 0.4) is 0 Å². The Morgan fingerprint density at radius 1 is 1.26 bits per heavy atom. The summed E-state index contributed by atoms with van der Waals surface area (Å²) in [5, 5.41) is 2.52. The molecule has 7 heteroatoms. The van der Waals surface area contributed by atoms with Gasteiger partial charge in [0.2, 0.25) is 5.91 Å². The highest BCUT2D eigenvalue weighted by molar-refractivity contribution is 5.75. The minimum absolute atomic E-state index is 0.0465. The maximum atomic E-state index is 11.5. The van der Waals surface area contributed by atoms with Gasteiger partial charge in [0, 0.05) is 19.6 Å². The van der Waals surface area contributed by atoms with Gasteiger partial charge in [0.15, 0.2) is 0 Å². The quantitative estimate of drug-likeness (QED) is 0.610. The second-order valence-corrected chi connectivity index (χ2v) is 5.50. The highest BCUT2D eigenvalue weighted by Crippen LogP contribution is 2.09. The first-order valence-corrected chi connectivity index (χ1v) is 6.20. The van der Waals surface area contributed by atoms with E-state index >= 15 is 0 Å². The SMILES string of the molecule is CCOCC(N)(CNC(=O)OC(C)(C)C)CC(N)=O. The van der Waals surface area contributed by atoms with Crippen LogP contribution >= 0.6 is 0 Å². The monoisotopic (exact) mass is 275 g/mol. The Hall–Kier alpha value is -1.34. The molecule has 0 radical (unpaired) electrons. The van der Waals surface area contributed by atoms with Gasteiger partial charge in [-0.3, -0.25) is 4.79 Å². The smallest absolute Gasteiger partial charge is 0.407 e. The zero-order chi connectivity index (χ0) is 15.1. The number of carbonyl (C=O) groups is 2. The van der Waals surface area contributed by atoms with Crippen LogP contribution in [0.5, 0.6) is 0 Å². The lowest BCUT2D eigenvalue weighted by atomic mass is 9.97. The predicted molar refractivity (Wildman–Crippen MR) is 71.5 cm³/mol. The van der Waals surface area contributed by atoms with Crippen molar-refractivity contribution < 1.29 is 19.1 Å². The zero-order valence-corrected chi connectivity index (χ0v) is 12.1. The van der Waals surface area contributed by atoms with Crippen molar-refractivity contribution >= 4 is 12.0 Å².